The van der Waals surface area contributed by atoms with Crippen molar-refractivity contribution in [3.05, 3.63) is 40.8 Å². The predicted molar refractivity (Wildman–Crippen MR) is 156 cm³/mol. The molecule has 2 aromatic heterocycles. The van der Waals surface area contributed by atoms with Gasteiger partial charge in [-0.25, -0.2) is 24.2 Å². The van der Waals surface area contributed by atoms with Crippen LogP contribution in [0.25, 0.3) is 11.0 Å². The summed E-state index contributed by atoms with van der Waals surface area (Å²) in [6.45, 7) is 3.94. The van der Waals surface area contributed by atoms with Crippen LogP contribution < -0.4 is 10.6 Å². The highest BCUT2D eigenvalue weighted by Gasteiger charge is 2.40. The zero-order chi connectivity index (χ0) is 31.6. The number of carboxylic acid groups (broad SMARTS) is 3. The minimum absolute atomic E-state index is 0.354. The lowest BCUT2D eigenvalue weighted by Crippen LogP contribution is -2.42. The minimum Gasteiger partial charge on any atom is -0.481 e. The maximum atomic E-state index is 12.4. The number of carboxylic acids is 3. The van der Waals surface area contributed by atoms with Crippen molar-refractivity contribution in [2.45, 2.75) is 50.7 Å². The quantitative estimate of drug-likeness (QED) is 0.188. The van der Waals surface area contributed by atoms with Crippen LogP contribution in [0.5, 0.6) is 0 Å². The predicted octanol–water partition coefficient (Wildman–Crippen LogP) is 3.40. The molecule has 0 unspecified atom stereocenters. The molecule has 15 nitrogen and oxygen atoms in total. The third kappa shape index (κ3) is 10.0. The van der Waals surface area contributed by atoms with Gasteiger partial charge in [0.25, 0.3) is 0 Å². The number of hydrogen-bond acceptors (Lipinski definition) is 9. The first-order valence-corrected chi connectivity index (χ1v) is 13.9. The normalized spacial score (nSPS) is 13.8. The summed E-state index contributed by atoms with van der Waals surface area (Å²) in [5, 5.41) is 45.2. The van der Waals surface area contributed by atoms with Crippen molar-refractivity contribution in [1.82, 2.24) is 24.6 Å². The van der Waals surface area contributed by atoms with Gasteiger partial charge in [-0.1, -0.05) is 36.0 Å². The van der Waals surface area contributed by atoms with Crippen LogP contribution in [0.2, 0.25) is 10.0 Å². The number of halogens is 2. The number of aliphatic hydroxyl groups is 1. The van der Waals surface area contributed by atoms with E-state index < -0.39 is 42.4 Å². The Morgan fingerprint density at radius 3 is 2.14 bits per heavy atom. The SMILES string of the molecule is O=C(Nc1ccc(Cl)cc1Cl)Nc1ncnc2c1cnn2CCN1CCCCCC1.O=C(O)CC(O)(CC(=O)O)C(=O)O. The largest absolute Gasteiger partial charge is 0.481 e. The third-order valence-corrected chi connectivity index (χ3v) is 7.00. The number of nitrogens with zero attached hydrogens (tertiary/aromatic N) is 5. The standard InChI is InChI=1S/C20H23Cl2N7O.C6H8O7/c21-14-5-6-17(16(22)11-14)26-20(30)27-18-15-12-25-29(19(15)24-13-23-18)10-9-28-7-3-1-2-4-8-28;7-3(8)1-6(13,5(11)12)2-4(9)10/h5-6,11-13H,1-4,7-10H2,(H2,23,24,26,27,30);13H,1-2H2,(H,7,8)(H,9,10)(H,11,12). The van der Waals surface area contributed by atoms with Crippen molar-refractivity contribution in [2.75, 3.05) is 30.3 Å². The summed E-state index contributed by atoms with van der Waals surface area (Å²) in [7, 11) is 0. The molecule has 0 bridgehead atoms. The van der Waals surface area contributed by atoms with Crippen LogP contribution >= 0.6 is 23.2 Å². The number of rotatable bonds is 10. The summed E-state index contributed by atoms with van der Waals surface area (Å²) < 4.78 is 1.86. The van der Waals surface area contributed by atoms with Crippen molar-refractivity contribution >= 4 is 69.7 Å². The van der Waals surface area contributed by atoms with Crippen LogP contribution in [-0.2, 0) is 20.9 Å². The van der Waals surface area contributed by atoms with Crippen molar-refractivity contribution < 1.29 is 39.6 Å². The molecule has 0 radical (unpaired) electrons. The molecule has 0 atom stereocenters. The Morgan fingerprint density at radius 2 is 1.56 bits per heavy atom. The second-order valence-corrected chi connectivity index (χ2v) is 10.6. The van der Waals surface area contributed by atoms with Gasteiger partial charge in [-0.2, -0.15) is 5.10 Å². The Balaban J connectivity index is 0.000000331. The summed E-state index contributed by atoms with van der Waals surface area (Å²) >= 11 is 12.0. The lowest BCUT2D eigenvalue weighted by molar-refractivity contribution is -0.170. The smallest absolute Gasteiger partial charge is 0.336 e. The number of carbonyl (C=O) groups excluding carboxylic acids is 1. The third-order valence-electron chi connectivity index (χ3n) is 6.46. The first kappa shape index (κ1) is 33.5. The van der Waals surface area contributed by atoms with Crippen LogP contribution in [0.3, 0.4) is 0 Å². The Hall–Kier alpha value is -4.05. The first-order valence-electron chi connectivity index (χ1n) is 13.2. The molecule has 4 rings (SSSR count). The fourth-order valence-corrected chi connectivity index (χ4v) is 4.77. The number of amides is 2. The van der Waals surface area contributed by atoms with Crippen LogP contribution in [0.15, 0.2) is 30.7 Å². The minimum atomic E-state index is -2.74. The van der Waals surface area contributed by atoms with Crippen molar-refractivity contribution in [2.24, 2.45) is 0 Å². The van der Waals surface area contributed by atoms with Gasteiger partial charge in [0.2, 0.25) is 0 Å². The van der Waals surface area contributed by atoms with Gasteiger partial charge in [0.15, 0.2) is 11.2 Å². The van der Waals surface area contributed by atoms with E-state index in [0.29, 0.717) is 32.6 Å². The van der Waals surface area contributed by atoms with Crippen LogP contribution in [-0.4, -0.2) is 94.2 Å². The molecular formula is C26H31Cl2N7O8. The molecule has 43 heavy (non-hydrogen) atoms. The molecule has 1 aromatic carbocycles. The molecule has 1 fully saturated rings. The van der Waals surface area contributed by atoms with Crippen LogP contribution in [0.1, 0.15) is 38.5 Å². The second kappa shape index (κ2) is 15.4. The van der Waals surface area contributed by atoms with E-state index in [0.717, 1.165) is 26.2 Å². The molecule has 6 N–H and O–H groups in total. The molecule has 17 heteroatoms. The van der Waals surface area contributed by atoms with E-state index in [1.54, 1.807) is 24.4 Å². The average molecular weight is 640 g/mol. The molecule has 0 aliphatic carbocycles. The van der Waals surface area contributed by atoms with E-state index in [-0.39, 0.29) is 0 Å². The molecular weight excluding hydrogens is 609 g/mol. The highest BCUT2D eigenvalue weighted by Crippen LogP contribution is 2.26. The van der Waals surface area contributed by atoms with Gasteiger partial charge >= 0.3 is 23.9 Å². The summed E-state index contributed by atoms with van der Waals surface area (Å²) in [6.07, 6.45) is 5.95. The number of aromatic nitrogens is 4. The molecule has 3 aromatic rings. The van der Waals surface area contributed by atoms with E-state index in [4.69, 9.17) is 43.6 Å². The zero-order valence-corrected chi connectivity index (χ0v) is 24.4. The van der Waals surface area contributed by atoms with E-state index >= 15 is 0 Å². The maximum absolute atomic E-state index is 12.4. The maximum Gasteiger partial charge on any atom is 0.336 e. The van der Waals surface area contributed by atoms with Gasteiger partial charge in [0.1, 0.15) is 12.1 Å². The van der Waals surface area contributed by atoms with E-state index in [2.05, 4.69) is 30.6 Å². The number of anilines is 2. The molecule has 3 heterocycles. The number of benzene rings is 1. The number of hydrogen-bond donors (Lipinski definition) is 6. The first-order chi connectivity index (χ1) is 20.4. The molecule has 1 aliphatic heterocycles. The highest BCUT2D eigenvalue weighted by molar-refractivity contribution is 6.36. The summed E-state index contributed by atoms with van der Waals surface area (Å²) in [5.74, 6) is -4.63. The Kier molecular flexibility index (Phi) is 12.0. The zero-order valence-electron chi connectivity index (χ0n) is 22.9. The van der Waals surface area contributed by atoms with Crippen molar-refractivity contribution in [3.63, 3.8) is 0 Å². The molecule has 0 saturated carbocycles. The fourth-order valence-electron chi connectivity index (χ4n) is 4.32. The number of carbonyl (C=O) groups is 4. The lowest BCUT2D eigenvalue weighted by atomic mass is 9.96. The Labute approximate surface area is 255 Å². The number of nitrogens with one attached hydrogen (secondary N) is 2. The van der Waals surface area contributed by atoms with Crippen LogP contribution in [0.4, 0.5) is 16.3 Å². The van der Waals surface area contributed by atoms with Gasteiger partial charge in [0, 0.05) is 11.6 Å². The molecule has 1 aliphatic rings. The summed E-state index contributed by atoms with van der Waals surface area (Å²) in [5.41, 5.74) is -1.59. The number of urea groups is 1. The van der Waals surface area contributed by atoms with Gasteiger partial charge < -0.3 is 30.6 Å². The van der Waals surface area contributed by atoms with E-state index in [9.17, 15) is 19.2 Å². The molecule has 1 saturated heterocycles. The number of likely N-dealkylation sites (tertiary alicyclic amines) is 1. The highest BCUT2D eigenvalue weighted by atomic mass is 35.5. The Morgan fingerprint density at radius 1 is 0.907 bits per heavy atom. The van der Waals surface area contributed by atoms with Gasteiger partial charge in [-0.15, -0.1) is 0 Å². The summed E-state index contributed by atoms with van der Waals surface area (Å²) in [6, 6.07) is 4.40. The molecule has 2 amide bonds. The second-order valence-electron chi connectivity index (χ2n) is 9.76. The van der Waals surface area contributed by atoms with Gasteiger partial charge in [-0.05, 0) is 44.1 Å². The van der Waals surface area contributed by atoms with Crippen LogP contribution in [0, 0.1) is 0 Å². The van der Waals surface area contributed by atoms with Gasteiger partial charge in [0.05, 0.1) is 41.7 Å². The fraction of sp³-hybridized carbons (Fsp3) is 0.423. The lowest BCUT2D eigenvalue weighted by Gasteiger charge is -2.19. The number of aliphatic carboxylic acids is 3. The van der Waals surface area contributed by atoms with E-state index in [1.165, 1.54) is 32.0 Å². The Bertz CT molecular complexity index is 1440. The summed E-state index contributed by atoms with van der Waals surface area (Å²) in [4.78, 5) is 53.9. The number of fused-ring (bicyclic) bond motifs is 1. The molecule has 0 spiro atoms. The topological polar surface area (TPSA) is 220 Å². The average Bonchev–Trinajstić information content (AvgIpc) is 3.15. The van der Waals surface area contributed by atoms with Gasteiger partial charge in [-0.3, -0.25) is 14.9 Å². The molecule has 232 valence electrons. The van der Waals surface area contributed by atoms with Crippen molar-refractivity contribution in [1.29, 1.82) is 0 Å². The monoisotopic (exact) mass is 639 g/mol. The van der Waals surface area contributed by atoms with Crippen molar-refractivity contribution in [3.8, 4) is 0 Å². The van der Waals surface area contributed by atoms with E-state index in [1.807, 2.05) is 4.68 Å².